The molecule has 0 bridgehead atoms. The second kappa shape index (κ2) is 9.65. The molecule has 10 heteroatoms. The quantitative estimate of drug-likeness (QED) is 0.352. The van der Waals surface area contributed by atoms with Gasteiger partial charge in [-0.15, -0.1) is 24.0 Å². The summed E-state index contributed by atoms with van der Waals surface area (Å²) in [5.41, 5.74) is 3.15. The van der Waals surface area contributed by atoms with Crippen LogP contribution in [0.1, 0.15) is 29.2 Å². The summed E-state index contributed by atoms with van der Waals surface area (Å²) >= 11 is 0. The molecule has 1 aromatic heterocycles. The minimum Gasteiger partial charge on any atom is -0.364 e. The van der Waals surface area contributed by atoms with E-state index < -0.39 is 10.0 Å². The average Bonchev–Trinajstić information content (AvgIpc) is 3.29. The highest BCUT2D eigenvalue weighted by Gasteiger charge is 2.40. The molecule has 1 aliphatic heterocycles. The van der Waals surface area contributed by atoms with Crippen molar-refractivity contribution in [1.82, 2.24) is 19.7 Å². The Labute approximate surface area is 194 Å². The molecule has 1 N–H and O–H groups in total. The zero-order valence-electron chi connectivity index (χ0n) is 17.2. The summed E-state index contributed by atoms with van der Waals surface area (Å²) in [7, 11) is -1.62. The van der Waals surface area contributed by atoms with Crippen LogP contribution in [0.15, 0.2) is 46.1 Å². The lowest BCUT2D eigenvalue weighted by molar-refractivity contribution is 0.259. The first-order valence-electron chi connectivity index (χ1n) is 9.89. The minimum atomic E-state index is -3.40. The zero-order valence-corrected chi connectivity index (χ0v) is 20.3. The number of hydrogen-bond donors (Lipinski definition) is 1. The first-order chi connectivity index (χ1) is 14.0. The largest absolute Gasteiger partial charge is 0.364 e. The van der Waals surface area contributed by atoms with Crippen LogP contribution < -0.4 is 5.32 Å². The molecule has 164 valence electrons. The molecule has 2 unspecified atom stereocenters. The van der Waals surface area contributed by atoms with E-state index in [1.807, 2.05) is 0 Å². The van der Waals surface area contributed by atoms with Gasteiger partial charge in [-0.25, -0.2) is 8.42 Å². The van der Waals surface area contributed by atoms with Gasteiger partial charge in [-0.1, -0.05) is 29.4 Å². The van der Waals surface area contributed by atoms with Crippen LogP contribution in [0.25, 0.3) is 0 Å². The molecular weight excluding hydrogens is 517 g/mol. The average molecular weight is 545 g/mol. The molecule has 1 aliphatic carbocycles. The number of piperazine rings is 1. The second-order valence-corrected chi connectivity index (χ2v) is 9.60. The highest BCUT2D eigenvalue weighted by molar-refractivity contribution is 14.0. The van der Waals surface area contributed by atoms with Crippen LogP contribution in [0.3, 0.4) is 0 Å². The van der Waals surface area contributed by atoms with E-state index >= 15 is 0 Å². The summed E-state index contributed by atoms with van der Waals surface area (Å²) in [6.45, 7) is 4.25. The third-order valence-electron chi connectivity index (χ3n) is 5.66. The number of nitrogens with zero attached hydrogens (tertiary/aromatic N) is 4. The molecule has 0 spiro atoms. The number of sulfonamides is 1. The third-order valence-corrected chi connectivity index (χ3v) is 7.47. The normalized spacial score (nSPS) is 22.5. The molecule has 4 rings (SSSR count). The molecule has 2 fully saturated rings. The molecular formula is C20H28IN5O3S. The Hall–Kier alpha value is -1.66. The Morgan fingerprint density at radius 1 is 1.23 bits per heavy atom. The lowest BCUT2D eigenvalue weighted by Gasteiger charge is -2.35. The fraction of sp³-hybridized carbons (Fsp3) is 0.500. The molecule has 1 aromatic carbocycles. The number of aliphatic imine (C=N–C) groups is 1. The Morgan fingerprint density at radius 3 is 2.60 bits per heavy atom. The van der Waals surface area contributed by atoms with E-state index in [2.05, 4.69) is 51.6 Å². The predicted molar refractivity (Wildman–Crippen MR) is 127 cm³/mol. The van der Waals surface area contributed by atoms with Gasteiger partial charge < -0.3 is 14.7 Å². The summed E-state index contributed by atoms with van der Waals surface area (Å²) in [5, 5.41) is 7.27. The van der Waals surface area contributed by atoms with Crippen molar-refractivity contribution >= 4 is 40.0 Å². The number of rotatable bonds is 5. The van der Waals surface area contributed by atoms with Gasteiger partial charge in [0, 0.05) is 51.3 Å². The summed E-state index contributed by atoms with van der Waals surface area (Å²) in [6.07, 6.45) is 2.48. The Kier molecular flexibility index (Phi) is 7.40. The summed E-state index contributed by atoms with van der Waals surface area (Å²) < 4.78 is 31.5. The first kappa shape index (κ1) is 23.0. The van der Waals surface area contributed by atoms with Crippen LogP contribution in [0.5, 0.6) is 0 Å². The van der Waals surface area contributed by atoms with Crippen LogP contribution in [0, 0.1) is 6.92 Å². The van der Waals surface area contributed by atoms with E-state index in [-0.39, 0.29) is 29.7 Å². The Bertz CT molecular complexity index is 972. The van der Waals surface area contributed by atoms with Crippen molar-refractivity contribution in [1.29, 1.82) is 0 Å². The fourth-order valence-corrected chi connectivity index (χ4v) is 5.36. The maximum absolute atomic E-state index is 12.6. The van der Waals surface area contributed by atoms with Crippen LogP contribution in [-0.2, 0) is 15.8 Å². The van der Waals surface area contributed by atoms with Crippen molar-refractivity contribution in [2.75, 3.05) is 33.2 Å². The zero-order chi connectivity index (χ0) is 20.4. The molecule has 0 amide bonds. The van der Waals surface area contributed by atoms with Crippen molar-refractivity contribution in [3.8, 4) is 0 Å². The molecule has 2 aliphatic rings. The number of benzene rings is 1. The smallest absolute Gasteiger partial charge is 0.220 e. The van der Waals surface area contributed by atoms with Crippen molar-refractivity contribution in [2.45, 2.75) is 31.1 Å². The SMILES string of the molecule is CN=C(NC1CC1c1ccccc1C)N1CCN(S(=O)(=O)Cc2ccon2)CC1.I. The summed E-state index contributed by atoms with van der Waals surface area (Å²) in [4.78, 5) is 6.57. The van der Waals surface area contributed by atoms with E-state index in [4.69, 9.17) is 4.52 Å². The van der Waals surface area contributed by atoms with E-state index in [1.54, 1.807) is 13.1 Å². The number of nitrogens with one attached hydrogen (secondary N) is 1. The van der Waals surface area contributed by atoms with Gasteiger partial charge in [0.1, 0.15) is 12.0 Å². The number of guanidine groups is 1. The predicted octanol–water partition coefficient (Wildman–Crippen LogP) is 2.18. The first-order valence-corrected chi connectivity index (χ1v) is 11.5. The molecule has 1 saturated heterocycles. The molecule has 2 heterocycles. The van der Waals surface area contributed by atoms with Gasteiger partial charge in [0.2, 0.25) is 10.0 Å². The van der Waals surface area contributed by atoms with E-state index in [1.165, 1.54) is 21.7 Å². The highest BCUT2D eigenvalue weighted by atomic mass is 127. The lowest BCUT2D eigenvalue weighted by Crippen LogP contribution is -2.54. The van der Waals surface area contributed by atoms with Gasteiger partial charge in [0.05, 0.1) is 5.69 Å². The molecule has 1 saturated carbocycles. The lowest BCUT2D eigenvalue weighted by atomic mass is 10.0. The third kappa shape index (κ3) is 5.14. The standard InChI is InChI=1S/C20H27N5O3S.HI/c1-15-5-3-4-6-17(15)18-13-19(18)22-20(21-2)24-8-10-25(11-9-24)29(26,27)14-16-7-12-28-23-16;/h3-7,12,18-19H,8-11,13-14H2,1-2H3,(H,21,22);1H. The van der Waals surface area contributed by atoms with Gasteiger partial charge in [0.15, 0.2) is 5.96 Å². The number of hydrogen-bond acceptors (Lipinski definition) is 5. The van der Waals surface area contributed by atoms with E-state index in [0.29, 0.717) is 43.8 Å². The number of aromatic nitrogens is 1. The summed E-state index contributed by atoms with van der Waals surface area (Å²) in [5.74, 6) is 1.23. The number of halogens is 1. The van der Waals surface area contributed by atoms with Crippen LogP contribution >= 0.6 is 24.0 Å². The fourth-order valence-electron chi connectivity index (χ4n) is 3.93. The van der Waals surface area contributed by atoms with Crippen molar-refractivity contribution < 1.29 is 12.9 Å². The maximum Gasteiger partial charge on any atom is 0.220 e. The maximum atomic E-state index is 12.6. The van der Waals surface area contributed by atoms with Crippen LogP contribution in [0.4, 0.5) is 0 Å². The monoisotopic (exact) mass is 545 g/mol. The Morgan fingerprint density at radius 2 is 1.97 bits per heavy atom. The van der Waals surface area contributed by atoms with E-state index in [0.717, 1.165) is 12.4 Å². The van der Waals surface area contributed by atoms with Crippen molar-refractivity contribution in [3.05, 3.63) is 53.4 Å². The summed E-state index contributed by atoms with van der Waals surface area (Å²) in [6, 6.07) is 10.5. The van der Waals surface area contributed by atoms with Gasteiger partial charge in [0.25, 0.3) is 0 Å². The second-order valence-electron chi connectivity index (χ2n) is 7.63. The van der Waals surface area contributed by atoms with Crippen LogP contribution in [0.2, 0.25) is 0 Å². The topological polar surface area (TPSA) is 91.0 Å². The number of aryl methyl sites for hydroxylation is 1. The van der Waals surface area contributed by atoms with Gasteiger partial charge >= 0.3 is 0 Å². The van der Waals surface area contributed by atoms with Gasteiger partial charge in [-0.3, -0.25) is 4.99 Å². The molecule has 8 nitrogen and oxygen atoms in total. The van der Waals surface area contributed by atoms with Gasteiger partial charge in [-0.05, 0) is 24.5 Å². The van der Waals surface area contributed by atoms with Crippen LogP contribution in [-0.4, -0.2) is 68.0 Å². The van der Waals surface area contributed by atoms with Gasteiger partial charge in [-0.2, -0.15) is 4.31 Å². The molecule has 30 heavy (non-hydrogen) atoms. The van der Waals surface area contributed by atoms with E-state index in [9.17, 15) is 8.42 Å². The highest BCUT2D eigenvalue weighted by Crippen LogP contribution is 2.42. The van der Waals surface area contributed by atoms with Crippen molar-refractivity contribution in [3.63, 3.8) is 0 Å². The Balaban J connectivity index is 0.00000256. The molecule has 0 radical (unpaired) electrons. The molecule has 2 aromatic rings. The molecule has 2 atom stereocenters. The minimum absolute atomic E-state index is 0. The van der Waals surface area contributed by atoms with Crippen molar-refractivity contribution in [2.24, 2.45) is 4.99 Å².